The van der Waals surface area contributed by atoms with Crippen molar-refractivity contribution in [3.05, 3.63) is 72.8 Å². The van der Waals surface area contributed by atoms with E-state index in [1.54, 1.807) is 24.3 Å². The molecule has 0 heterocycles. The average Bonchev–Trinajstić information content (AvgIpc) is 3.17. The molecule has 4 nitrogen and oxygen atoms in total. The van der Waals surface area contributed by atoms with Gasteiger partial charge < -0.3 is 9.47 Å². The highest BCUT2D eigenvalue weighted by Gasteiger charge is 2.59. The van der Waals surface area contributed by atoms with Crippen LogP contribution in [0.3, 0.4) is 0 Å². The second-order valence-electron chi connectivity index (χ2n) is 7.20. The molecular formula is C22H20O4. The van der Waals surface area contributed by atoms with Crippen molar-refractivity contribution in [3.63, 3.8) is 0 Å². The van der Waals surface area contributed by atoms with Gasteiger partial charge in [-0.1, -0.05) is 55.5 Å². The van der Waals surface area contributed by atoms with Crippen molar-refractivity contribution in [2.45, 2.75) is 13.3 Å². The van der Waals surface area contributed by atoms with Crippen LogP contribution in [0.5, 0.6) is 11.5 Å². The second kappa shape index (κ2) is 6.45. The van der Waals surface area contributed by atoms with Crippen LogP contribution in [0.25, 0.3) is 0 Å². The Bertz CT molecular complexity index is 843. The summed E-state index contributed by atoms with van der Waals surface area (Å²) < 4.78 is 11.1. The minimum Gasteiger partial charge on any atom is -0.426 e. The molecule has 0 aliphatic heterocycles. The number of fused-ring (bicyclic) bond motifs is 2. The highest BCUT2D eigenvalue weighted by Crippen LogP contribution is 2.57. The van der Waals surface area contributed by atoms with Gasteiger partial charge in [0.1, 0.15) is 11.5 Å². The van der Waals surface area contributed by atoms with Crippen LogP contribution in [-0.4, -0.2) is 11.9 Å². The third-order valence-corrected chi connectivity index (χ3v) is 5.38. The lowest BCUT2D eigenvalue weighted by Crippen LogP contribution is -2.41. The molecule has 4 rings (SSSR count). The average molecular weight is 348 g/mol. The molecule has 2 aliphatic rings. The molecule has 0 aromatic heterocycles. The standard InChI is InChI=1S/C22H20O4/c1-22-13-12-15(14-22)18(20(23)25-16-8-4-2-5-9-16)19(22)21(24)26-17-10-6-3-7-11-17/h2-13,15,18-19H,14H2,1H3. The van der Waals surface area contributed by atoms with Gasteiger partial charge in [-0.05, 0) is 36.6 Å². The maximum Gasteiger partial charge on any atom is 0.316 e. The summed E-state index contributed by atoms with van der Waals surface area (Å²) in [6, 6.07) is 17.9. The Morgan fingerprint density at radius 2 is 1.42 bits per heavy atom. The van der Waals surface area contributed by atoms with Gasteiger partial charge >= 0.3 is 11.9 Å². The van der Waals surface area contributed by atoms with Crippen molar-refractivity contribution in [2.24, 2.45) is 23.2 Å². The second-order valence-corrected chi connectivity index (χ2v) is 7.20. The molecule has 2 aromatic carbocycles. The number of benzene rings is 2. The van der Waals surface area contributed by atoms with E-state index in [0.717, 1.165) is 6.42 Å². The fraction of sp³-hybridized carbons (Fsp3) is 0.273. The van der Waals surface area contributed by atoms with Gasteiger partial charge in [-0.3, -0.25) is 9.59 Å². The van der Waals surface area contributed by atoms with Crippen LogP contribution in [0.1, 0.15) is 13.3 Å². The zero-order chi connectivity index (χ0) is 18.1. The van der Waals surface area contributed by atoms with Crippen molar-refractivity contribution in [1.29, 1.82) is 0 Å². The minimum atomic E-state index is -0.547. The highest BCUT2D eigenvalue weighted by atomic mass is 16.5. The Hall–Kier alpha value is -2.88. The molecule has 4 unspecified atom stereocenters. The molecule has 2 aliphatic carbocycles. The van der Waals surface area contributed by atoms with E-state index >= 15 is 0 Å². The number of carbonyl (C=O) groups excluding carboxylic acids is 2. The lowest BCUT2D eigenvalue weighted by molar-refractivity contribution is -0.152. The Labute approximate surface area is 152 Å². The van der Waals surface area contributed by atoms with Gasteiger partial charge in [-0.15, -0.1) is 0 Å². The molecule has 132 valence electrons. The Kier molecular flexibility index (Phi) is 4.11. The van der Waals surface area contributed by atoms with Crippen molar-refractivity contribution in [1.82, 2.24) is 0 Å². The molecule has 26 heavy (non-hydrogen) atoms. The number of carbonyl (C=O) groups is 2. The van der Waals surface area contributed by atoms with Gasteiger partial charge in [-0.25, -0.2) is 0 Å². The maximum atomic E-state index is 12.9. The van der Waals surface area contributed by atoms with Crippen molar-refractivity contribution in [3.8, 4) is 11.5 Å². The first kappa shape index (κ1) is 16.6. The van der Waals surface area contributed by atoms with E-state index < -0.39 is 11.8 Å². The molecule has 1 fully saturated rings. The van der Waals surface area contributed by atoms with Crippen LogP contribution in [0.15, 0.2) is 72.8 Å². The third kappa shape index (κ3) is 2.92. The van der Waals surface area contributed by atoms with Crippen LogP contribution in [0, 0.1) is 23.2 Å². The molecule has 4 atom stereocenters. The fourth-order valence-electron chi connectivity index (χ4n) is 4.19. The van der Waals surface area contributed by atoms with E-state index in [9.17, 15) is 9.59 Å². The topological polar surface area (TPSA) is 52.6 Å². The normalized spacial score (nSPS) is 28.7. The van der Waals surface area contributed by atoms with Crippen LogP contribution in [0.4, 0.5) is 0 Å². The van der Waals surface area contributed by atoms with Crippen LogP contribution >= 0.6 is 0 Å². The van der Waals surface area contributed by atoms with Crippen LogP contribution < -0.4 is 9.47 Å². The molecule has 2 aromatic rings. The number of allylic oxidation sites excluding steroid dienone is 2. The van der Waals surface area contributed by atoms with Gasteiger partial charge in [0.2, 0.25) is 0 Å². The molecule has 4 heteroatoms. The summed E-state index contributed by atoms with van der Waals surface area (Å²) in [5, 5.41) is 0. The molecule has 0 radical (unpaired) electrons. The molecule has 2 bridgehead atoms. The van der Waals surface area contributed by atoms with E-state index in [1.165, 1.54) is 0 Å². The molecule has 1 saturated carbocycles. The Morgan fingerprint density at radius 3 is 2.00 bits per heavy atom. The fourth-order valence-corrected chi connectivity index (χ4v) is 4.19. The third-order valence-electron chi connectivity index (χ3n) is 5.38. The van der Waals surface area contributed by atoms with E-state index in [4.69, 9.17) is 9.47 Å². The number of ether oxygens (including phenoxy) is 2. The number of hydrogen-bond acceptors (Lipinski definition) is 4. The zero-order valence-corrected chi connectivity index (χ0v) is 14.5. The van der Waals surface area contributed by atoms with E-state index in [0.29, 0.717) is 11.5 Å². The summed E-state index contributed by atoms with van der Waals surface area (Å²) in [4.78, 5) is 25.8. The molecule has 0 spiro atoms. The summed E-state index contributed by atoms with van der Waals surface area (Å²) in [6.07, 6.45) is 4.83. The molecule has 0 saturated heterocycles. The number of para-hydroxylation sites is 2. The summed E-state index contributed by atoms with van der Waals surface area (Å²) in [5.41, 5.74) is -0.378. The maximum absolute atomic E-state index is 12.9. The van der Waals surface area contributed by atoms with Gasteiger partial charge in [0, 0.05) is 5.41 Å². The lowest BCUT2D eigenvalue weighted by atomic mass is 9.75. The van der Waals surface area contributed by atoms with E-state index in [2.05, 4.69) is 0 Å². The quantitative estimate of drug-likeness (QED) is 0.476. The van der Waals surface area contributed by atoms with E-state index in [-0.39, 0.29) is 23.3 Å². The van der Waals surface area contributed by atoms with Gasteiger partial charge in [0.25, 0.3) is 0 Å². The smallest absolute Gasteiger partial charge is 0.316 e. The van der Waals surface area contributed by atoms with Gasteiger partial charge in [0.05, 0.1) is 11.8 Å². The van der Waals surface area contributed by atoms with Crippen molar-refractivity contribution >= 4 is 11.9 Å². The molecule has 0 N–H and O–H groups in total. The van der Waals surface area contributed by atoms with Crippen LogP contribution in [-0.2, 0) is 9.59 Å². The SMILES string of the molecule is CC12C=CC(C1)C(C(=O)Oc1ccccc1)C2C(=O)Oc1ccccc1. The summed E-state index contributed by atoms with van der Waals surface area (Å²) in [6.45, 7) is 2.01. The number of rotatable bonds is 4. The van der Waals surface area contributed by atoms with Gasteiger partial charge in [0.15, 0.2) is 0 Å². The highest BCUT2D eigenvalue weighted by molar-refractivity contribution is 5.87. The van der Waals surface area contributed by atoms with Gasteiger partial charge in [-0.2, -0.15) is 0 Å². The predicted octanol–water partition coefficient (Wildman–Crippen LogP) is 4.03. The molecular weight excluding hydrogens is 328 g/mol. The van der Waals surface area contributed by atoms with Crippen LogP contribution in [0.2, 0.25) is 0 Å². The summed E-state index contributed by atoms with van der Waals surface area (Å²) in [7, 11) is 0. The minimum absolute atomic E-state index is 0.00420. The summed E-state index contributed by atoms with van der Waals surface area (Å²) >= 11 is 0. The first-order valence-corrected chi connectivity index (χ1v) is 8.80. The summed E-state index contributed by atoms with van der Waals surface area (Å²) in [5.74, 6) is -0.836. The lowest BCUT2D eigenvalue weighted by Gasteiger charge is -2.30. The Morgan fingerprint density at radius 1 is 0.885 bits per heavy atom. The van der Waals surface area contributed by atoms with E-state index in [1.807, 2.05) is 55.5 Å². The Balaban J connectivity index is 1.57. The number of esters is 2. The zero-order valence-electron chi connectivity index (χ0n) is 14.5. The van der Waals surface area contributed by atoms with Crippen molar-refractivity contribution in [2.75, 3.05) is 0 Å². The predicted molar refractivity (Wildman–Crippen MR) is 96.5 cm³/mol. The largest absolute Gasteiger partial charge is 0.426 e. The molecule has 0 amide bonds. The monoisotopic (exact) mass is 348 g/mol. The van der Waals surface area contributed by atoms with Crippen molar-refractivity contribution < 1.29 is 19.1 Å². The number of hydrogen-bond donors (Lipinski definition) is 0. The first-order chi connectivity index (χ1) is 12.6. The first-order valence-electron chi connectivity index (χ1n) is 8.80.